The molecular formula is C17H23NO2. The van der Waals surface area contributed by atoms with Crippen molar-refractivity contribution in [2.75, 3.05) is 20.7 Å². The molecule has 20 heavy (non-hydrogen) atoms. The molecule has 1 fully saturated rings. The summed E-state index contributed by atoms with van der Waals surface area (Å²) in [4.78, 5) is 14.2. The third-order valence-corrected chi connectivity index (χ3v) is 5.11. The molecule has 1 atom stereocenters. The first-order chi connectivity index (χ1) is 9.68. The second kappa shape index (κ2) is 5.21. The predicted molar refractivity (Wildman–Crippen MR) is 79.0 cm³/mol. The Morgan fingerprint density at radius 2 is 1.90 bits per heavy atom. The highest BCUT2D eigenvalue weighted by molar-refractivity contribution is 5.97. The first-order valence-electron chi connectivity index (χ1n) is 7.57. The van der Waals surface area contributed by atoms with Gasteiger partial charge >= 0.3 is 0 Å². The van der Waals surface area contributed by atoms with Crippen molar-refractivity contribution < 1.29 is 9.53 Å². The Morgan fingerprint density at radius 1 is 1.20 bits per heavy atom. The van der Waals surface area contributed by atoms with Crippen LogP contribution in [0.3, 0.4) is 0 Å². The van der Waals surface area contributed by atoms with Crippen LogP contribution < -0.4 is 0 Å². The normalized spacial score (nSPS) is 25.4. The highest BCUT2D eigenvalue weighted by Crippen LogP contribution is 2.45. The molecular weight excluding hydrogens is 250 g/mol. The zero-order chi connectivity index (χ0) is 14.2. The lowest BCUT2D eigenvalue weighted by Gasteiger charge is -2.46. The van der Waals surface area contributed by atoms with Gasteiger partial charge in [-0.05, 0) is 24.5 Å². The van der Waals surface area contributed by atoms with Gasteiger partial charge in [-0.1, -0.05) is 37.5 Å². The van der Waals surface area contributed by atoms with Gasteiger partial charge in [0.2, 0.25) is 0 Å². The zero-order valence-electron chi connectivity index (χ0n) is 12.4. The zero-order valence-corrected chi connectivity index (χ0v) is 12.4. The third kappa shape index (κ3) is 2.05. The Hall–Kier alpha value is -1.35. The van der Waals surface area contributed by atoms with E-state index in [1.165, 1.54) is 24.8 Å². The topological polar surface area (TPSA) is 29.5 Å². The van der Waals surface area contributed by atoms with E-state index >= 15 is 0 Å². The van der Waals surface area contributed by atoms with Gasteiger partial charge in [-0.25, -0.2) is 0 Å². The number of fused-ring (bicyclic) bond motifs is 1. The summed E-state index contributed by atoms with van der Waals surface area (Å²) in [7, 11) is 3.74. The quantitative estimate of drug-likeness (QED) is 0.828. The van der Waals surface area contributed by atoms with E-state index in [0.717, 1.165) is 24.9 Å². The maximum atomic E-state index is 12.3. The predicted octanol–water partition coefficient (Wildman–Crippen LogP) is 3.21. The first kappa shape index (κ1) is 13.6. The SMILES string of the molecule is COC1(C2CN(C)C(=O)c3ccccc32)CCCCC1. The van der Waals surface area contributed by atoms with Crippen molar-refractivity contribution in [2.45, 2.75) is 43.6 Å². The average molecular weight is 273 g/mol. The molecule has 2 aliphatic rings. The van der Waals surface area contributed by atoms with Crippen molar-refractivity contribution in [2.24, 2.45) is 0 Å². The largest absolute Gasteiger partial charge is 0.378 e. The number of carbonyl (C=O) groups is 1. The number of hydrogen-bond donors (Lipinski definition) is 0. The van der Waals surface area contributed by atoms with Gasteiger partial charge in [0.15, 0.2) is 0 Å². The minimum atomic E-state index is -0.0939. The molecule has 1 aromatic rings. The molecule has 3 nitrogen and oxygen atoms in total. The summed E-state index contributed by atoms with van der Waals surface area (Å²) in [5.41, 5.74) is 1.94. The van der Waals surface area contributed by atoms with Crippen LogP contribution >= 0.6 is 0 Å². The van der Waals surface area contributed by atoms with E-state index in [0.29, 0.717) is 5.92 Å². The van der Waals surface area contributed by atoms with Crippen LogP contribution in [0.5, 0.6) is 0 Å². The van der Waals surface area contributed by atoms with Crippen molar-refractivity contribution in [3.8, 4) is 0 Å². The number of rotatable bonds is 2. The number of benzene rings is 1. The molecule has 1 amide bonds. The second-order valence-corrected chi connectivity index (χ2v) is 6.16. The lowest BCUT2D eigenvalue weighted by atomic mass is 9.70. The van der Waals surface area contributed by atoms with Gasteiger partial charge in [0.05, 0.1) is 5.60 Å². The van der Waals surface area contributed by atoms with Gasteiger partial charge in [-0.15, -0.1) is 0 Å². The van der Waals surface area contributed by atoms with Gasteiger partial charge in [0.25, 0.3) is 5.91 Å². The number of carbonyl (C=O) groups excluding carboxylic acids is 1. The van der Waals surface area contributed by atoms with E-state index in [9.17, 15) is 4.79 Å². The van der Waals surface area contributed by atoms with Gasteiger partial charge in [0, 0.05) is 32.2 Å². The Morgan fingerprint density at radius 3 is 2.60 bits per heavy atom. The summed E-state index contributed by atoms with van der Waals surface area (Å²) in [6.07, 6.45) is 5.96. The van der Waals surface area contributed by atoms with E-state index in [1.54, 1.807) is 0 Å². The molecule has 0 aromatic heterocycles. The van der Waals surface area contributed by atoms with E-state index in [2.05, 4.69) is 6.07 Å². The van der Waals surface area contributed by atoms with E-state index < -0.39 is 0 Å². The molecule has 3 rings (SSSR count). The maximum absolute atomic E-state index is 12.3. The minimum Gasteiger partial charge on any atom is -0.378 e. The monoisotopic (exact) mass is 273 g/mol. The van der Waals surface area contributed by atoms with Crippen molar-refractivity contribution >= 4 is 5.91 Å². The maximum Gasteiger partial charge on any atom is 0.253 e. The average Bonchev–Trinajstić information content (AvgIpc) is 2.51. The van der Waals surface area contributed by atoms with Crippen LogP contribution in [-0.4, -0.2) is 37.1 Å². The molecule has 0 N–H and O–H groups in total. The summed E-state index contributed by atoms with van der Waals surface area (Å²) < 4.78 is 6.02. The summed E-state index contributed by atoms with van der Waals surface area (Å²) >= 11 is 0. The molecule has 0 radical (unpaired) electrons. The second-order valence-electron chi connectivity index (χ2n) is 6.16. The number of methoxy groups -OCH3 is 1. The van der Waals surface area contributed by atoms with Crippen molar-refractivity contribution in [1.82, 2.24) is 4.90 Å². The smallest absolute Gasteiger partial charge is 0.253 e. The molecule has 1 aliphatic heterocycles. The van der Waals surface area contributed by atoms with E-state index in [1.807, 2.05) is 37.3 Å². The van der Waals surface area contributed by atoms with E-state index in [4.69, 9.17) is 4.74 Å². The highest BCUT2D eigenvalue weighted by Gasteiger charge is 2.45. The number of ether oxygens (including phenoxy) is 1. The minimum absolute atomic E-state index is 0.0939. The highest BCUT2D eigenvalue weighted by atomic mass is 16.5. The molecule has 1 saturated carbocycles. The lowest BCUT2D eigenvalue weighted by molar-refractivity contribution is -0.0664. The molecule has 0 spiro atoms. The van der Waals surface area contributed by atoms with Crippen molar-refractivity contribution in [3.63, 3.8) is 0 Å². The van der Waals surface area contributed by atoms with Crippen molar-refractivity contribution in [3.05, 3.63) is 35.4 Å². The standard InChI is InChI=1S/C17H23NO2/c1-18-12-15(17(20-2)10-6-3-7-11-17)13-8-4-5-9-14(13)16(18)19/h4-5,8-9,15H,3,6-7,10-12H2,1-2H3. The number of hydrogen-bond acceptors (Lipinski definition) is 2. The summed E-state index contributed by atoms with van der Waals surface area (Å²) in [5.74, 6) is 0.436. The number of nitrogens with zero attached hydrogens (tertiary/aromatic N) is 1. The fourth-order valence-electron chi connectivity index (χ4n) is 3.95. The molecule has 0 bridgehead atoms. The molecule has 3 heteroatoms. The summed E-state index contributed by atoms with van der Waals surface area (Å²) in [5, 5.41) is 0. The van der Waals surface area contributed by atoms with Gasteiger partial charge in [0.1, 0.15) is 0 Å². The number of likely N-dealkylation sites (N-methyl/N-ethyl adjacent to an activating group) is 1. The van der Waals surface area contributed by atoms with Gasteiger partial charge in [-0.2, -0.15) is 0 Å². The fraction of sp³-hybridized carbons (Fsp3) is 0.588. The van der Waals surface area contributed by atoms with Gasteiger partial charge < -0.3 is 9.64 Å². The Balaban J connectivity index is 2.05. The molecule has 1 aromatic carbocycles. The third-order valence-electron chi connectivity index (χ3n) is 5.11. The Kier molecular flexibility index (Phi) is 3.55. The van der Waals surface area contributed by atoms with Crippen LogP contribution in [0.2, 0.25) is 0 Å². The van der Waals surface area contributed by atoms with Crippen molar-refractivity contribution in [1.29, 1.82) is 0 Å². The van der Waals surface area contributed by atoms with E-state index in [-0.39, 0.29) is 11.5 Å². The molecule has 1 heterocycles. The van der Waals surface area contributed by atoms with Crippen LogP contribution in [0.4, 0.5) is 0 Å². The van der Waals surface area contributed by atoms with Crippen LogP contribution in [0.15, 0.2) is 24.3 Å². The molecule has 1 unspecified atom stereocenters. The van der Waals surface area contributed by atoms with Crippen LogP contribution in [0, 0.1) is 0 Å². The fourth-order valence-corrected chi connectivity index (χ4v) is 3.95. The lowest BCUT2D eigenvalue weighted by Crippen LogP contribution is -2.49. The van der Waals surface area contributed by atoms with Crippen LogP contribution in [0.1, 0.15) is 53.9 Å². The van der Waals surface area contributed by atoms with Crippen LogP contribution in [-0.2, 0) is 4.74 Å². The molecule has 1 aliphatic carbocycles. The molecule has 108 valence electrons. The van der Waals surface area contributed by atoms with Gasteiger partial charge in [-0.3, -0.25) is 4.79 Å². The van der Waals surface area contributed by atoms with Crippen LogP contribution in [0.25, 0.3) is 0 Å². The Bertz CT molecular complexity index is 505. The summed E-state index contributed by atoms with van der Waals surface area (Å²) in [6.45, 7) is 0.768. The number of amides is 1. The first-order valence-corrected chi connectivity index (χ1v) is 7.57. The summed E-state index contributed by atoms with van der Waals surface area (Å²) in [6, 6.07) is 8.05. The molecule has 0 saturated heterocycles. The Labute approximate surface area is 120 Å².